The van der Waals surface area contributed by atoms with E-state index in [4.69, 9.17) is 0 Å². The monoisotopic (exact) mass is 176 g/mol. The Morgan fingerprint density at radius 1 is 1.08 bits per heavy atom. The van der Waals surface area contributed by atoms with Crippen molar-refractivity contribution in [1.29, 1.82) is 0 Å². The zero-order chi connectivity index (χ0) is 8.73. The van der Waals surface area contributed by atoms with Crippen LogP contribution < -0.4 is 0 Å². The second-order valence-corrected chi connectivity index (χ2v) is 6.51. The quantitative estimate of drug-likeness (QED) is 0.570. The fourth-order valence-electron chi connectivity index (χ4n) is 5.05. The predicted octanol–water partition coefficient (Wildman–Crippen LogP) is 3.76. The van der Waals surface area contributed by atoms with Crippen LogP contribution in [0.3, 0.4) is 0 Å². The first kappa shape index (κ1) is 7.31. The Labute approximate surface area is 81.1 Å². The van der Waals surface area contributed by atoms with E-state index in [1.165, 1.54) is 6.42 Å². The Hall–Kier alpha value is 0. The first-order valence-electron chi connectivity index (χ1n) is 6.26. The van der Waals surface area contributed by atoms with Crippen molar-refractivity contribution < 1.29 is 0 Å². The molecule has 0 heteroatoms. The van der Waals surface area contributed by atoms with E-state index < -0.39 is 0 Å². The highest BCUT2D eigenvalue weighted by Crippen LogP contribution is 2.98. The molecule has 0 heterocycles. The van der Waals surface area contributed by atoms with E-state index in [9.17, 15) is 0 Å². The standard InChI is InChI=1S/C13H20/c1-2-10-3-4-12(7-10)9-13(12)8-11(13)5-6-11/h10H,2-9H2,1H3. The maximum Gasteiger partial charge on any atom is -0.0173 e. The summed E-state index contributed by atoms with van der Waals surface area (Å²) in [6.45, 7) is 2.39. The Bertz CT molecular complexity index is 276. The first-order valence-corrected chi connectivity index (χ1v) is 6.26. The lowest BCUT2D eigenvalue weighted by atomic mass is 9.96. The summed E-state index contributed by atoms with van der Waals surface area (Å²) in [4.78, 5) is 0. The summed E-state index contributed by atoms with van der Waals surface area (Å²) in [6, 6.07) is 0. The van der Waals surface area contributed by atoms with Crippen LogP contribution in [0.25, 0.3) is 0 Å². The molecule has 0 N–H and O–H groups in total. The van der Waals surface area contributed by atoms with Crippen molar-refractivity contribution in [2.45, 2.75) is 58.3 Å². The van der Waals surface area contributed by atoms with E-state index in [0.717, 1.165) is 22.2 Å². The van der Waals surface area contributed by atoms with Crippen molar-refractivity contribution in [2.24, 2.45) is 22.2 Å². The van der Waals surface area contributed by atoms with Crippen molar-refractivity contribution in [1.82, 2.24) is 0 Å². The minimum atomic E-state index is 0.921. The molecule has 0 saturated heterocycles. The summed E-state index contributed by atoms with van der Waals surface area (Å²) >= 11 is 0. The molecule has 0 radical (unpaired) electrons. The largest absolute Gasteiger partial charge is 0.0651 e. The van der Waals surface area contributed by atoms with E-state index in [2.05, 4.69) is 6.92 Å². The summed E-state index contributed by atoms with van der Waals surface area (Å²) in [5.74, 6) is 1.11. The van der Waals surface area contributed by atoms with Gasteiger partial charge in [0.05, 0.1) is 0 Å². The Morgan fingerprint density at radius 3 is 2.38 bits per heavy atom. The second kappa shape index (κ2) is 1.73. The minimum Gasteiger partial charge on any atom is -0.0651 e. The lowest BCUT2D eigenvalue weighted by molar-refractivity contribution is 0.406. The average molecular weight is 176 g/mol. The van der Waals surface area contributed by atoms with Crippen LogP contribution in [-0.4, -0.2) is 0 Å². The average Bonchev–Trinajstić information content (AvgIpc) is 3.04. The highest BCUT2D eigenvalue weighted by Gasteiger charge is 2.89. The number of hydrogen-bond donors (Lipinski definition) is 0. The summed E-state index contributed by atoms with van der Waals surface area (Å²) < 4.78 is 0. The van der Waals surface area contributed by atoms with Crippen LogP contribution in [0.4, 0.5) is 0 Å². The smallest absolute Gasteiger partial charge is 0.0173 e. The van der Waals surface area contributed by atoms with Crippen LogP contribution in [0.15, 0.2) is 0 Å². The molecular formula is C13H20. The van der Waals surface area contributed by atoms with Gasteiger partial charge in [0.1, 0.15) is 0 Å². The van der Waals surface area contributed by atoms with E-state index >= 15 is 0 Å². The highest BCUT2D eigenvalue weighted by atomic mass is 14.9. The normalized spacial score (nSPS) is 59.3. The van der Waals surface area contributed by atoms with Gasteiger partial charge in [-0.2, -0.15) is 0 Å². The van der Waals surface area contributed by atoms with E-state index in [0.29, 0.717) is 0 Å². The zero-order valence-electron chi connectivity index (χ0n) is 8.73. The van der Waals surface area contributed by atoms with Crippen molar-refractivity contribution >= 4 is 0 Å². The molecule has 0 aromatic rings. The van der Waals surface area contributed by atoms with Gasteiger partial charge in [-0.1, -0.05) is 13.3 Å². The van der Waals surface area contributed by atoms with Crippen molar-refractivity contribution in [2.75, 3.05) is 0 Å². The van der Waals surface area contributed by atoms with Crippen molar-refractivity contribution in [3.05, 3.63) is 0 Å². The highest BCUT2D eigenvalue weighted by molar-refractivity contribution is 5.38. The molecule has 0 bridgehead atoms. The van der Waals surface area contributed by atoms with Gasteiger partial charge in [-0.15, -0.1) is 0 Å². The van der Waals surface area contributed by atoms with Gasteiger partial charge >= 0.3 is 0 Å². The van der Waals surface area contributed by atoms with E-state index in [1.54, 1.807) is 44.9 Å². The molecular weight excluding hydrogens is 156 g/mol. The minimum absolute atomic E-state index is 0.921. The molecule has 4 aliphatic rings. The zero-order valence-corrected chi connectivity index (χ0v) is 8.73. The van der Waals surface area contributed by atoms with E-state index in [-0.39, 0.29) is 0 Å². The van der Waals surface area contributed by atoms with Gasteiger partial charge in [-0.25, -0.2) is 0 Å². The number of hydrogen-bond acceptors (Lipinski definition) is 0. The maximum absolute atomic E-state index is 2.39. The van der Waals surface area contributed by atoms with Gasteiger partial charge < -0.3 is 0 Å². The van der Waals surface area contributed by atoms with Crippen LogP contribution >= 0.6 is 0 Å². The van der Waals surface area contributed by atoms with Gasteiger partial charge in [0.25, 0.3) is 0 Å². The molecule has 4 saturated carbocycles. The Balaban J connectivity index is 1.58. The summed E-state index contributed by atoms with van der Waals surface area (Å²) in [5.41, 5.74) is 2.85. The molecule has 0 nitrogen and oxygen atoms in total. The lowest BCUT2D eigenvalue weighted by Crippen LogP contribution is -2.00. The van der Waals surface area contributed by atoms with E-state index in [1.807, 2.05) is 0 Å². The third-order valence-corrected chi connectivity index (χ3v) is 6.20. The summed E-state index contributed by atoms with van der Waals surface area (Å²) in [6.07, 6.45) is 12.7. The third-order valence-electron chi connectivity index (χ3n) is 6.20. The molecule has 4 rings (SSSR count). The van der Waals surface area contributed by atoms with Gasteiger partial charge in [-0.3, -0.25) is 0 Å². The van der Waals surface area contributed by atoms with Gasteiger partial charge in [0.2, 0.25) is 0 Å². The van der Waals surface area contributed by atoms with Crippen LogP contribution in [0.1, 0.15) is 58.3 Å². The van der Waals surface area contributed by atoms with Crippen LogP contribution in [0.5, 0.6) is 0 Å². The van der Waals surface area contributed by atoms with Gasteiger partial charge in [0.15, 0.2) is 0 Å². The topological polar surface area (TPSA) is 0 Å². The molecule has 3 spiro atoms. The molecule has 3 atom stereocenters. The Morgan fingerprint density at radius 2 is 1.85 bits per heavy atom. The number of rotatable bonds is 1. The molecule has 4 aliphatic carbocycles. The molecule has 4 fully saturated rings. The predicted molar refractivity (Wildman–Crippen MR) is 53.4 cm³/mol. The molecule has 0 aliphatic heterocycles. The van der Waals surface area contributed by atoms with Gasteiger partial charge in [0, 0.05) is 0 Å². The van der Waals surface area contributed by atoms with Crippen molar-refractivity contribution in [3.63, 3.8) is 0 Å². The molecule has 0 aromatic carbocycles. The summed E-state index contributed by atoms with van der Waals surface area (Å²) in [7, 11) is 0. The molecule has 72 valence electrons. The molecule has 13 heavy (non-hydrogen) atoms. The van der Waals surface area contributed by atoms with Crippen LogP contribution in [0, 0.1) is 22.2 Å². The SMILES string of the molecule is CCC1CCC2(C1)CC21CC12CC2. The molecule has 0 aromatic heterocycles. The second-order valence-electron chi connectivity index (χ2n) is 6.51. The summed E-state index contributed by atoms with van der Waals surface area (Å²) in [5, 5.41) is 0. The van der Waals surface area contributed by atoms with Crippen LogP contribution in [0.2, 0.25) is 0 Å². The molecule has 3 unspecified atom stereocenters. The molecule has 0 amide bonds. The Kier molecular flexibility index (Phi) is 0.971. The fraction of sp³-hybridized carbons (Fsp3) is 1.00. The first-order chi connectivity index (χ1) is 6.26. The maximum atomic E-state index is 2.39. The third kappa shape index (κ3) is 0.620. The van der Waals surface area contributed by atoms with Crippen molar-refractivity contribution in [3.8, 4) is 0 Å². The fourth-order valence-corrected chi connectivity index (χ4v) is 5.05. The number of fused-ring (bicyclic) bond motifs is 2. The van der Waals surface area contributed by atoms with Crippen LogP contribution in [-0.2, 0) is 0 Å². The van der Waals surface area contributed by atoms with Gasteiger partial charge in [-0.05, 0) is 67.1 Å². The lowest BCUT2D eigenvalue weighted by Gasteiger charge is -2.09.